The van der Waals surface area contributed by atoms with E-state index in [1.807, 2.05) is 0 Å². The van der Waals surface area contributed by atoms with Crippen LogP contribution in [0.1, 0.15) is 24.8 Å². The molecular weight excluding hydrogens is 532 g/mol. The predicted molar refractivity (Wildman–Crippen MR) is 131 cm³/mol. The van der Waals surface area contributed by atoms with Crippen LogP contribution in [-0.4, -0.2) is 46.7 Å². The van der Waals surface area contributed by atoms with Crippen LogP contribution in [0, 0.1) is 5.82 Å². The molecule has 0 saturated heterocycles. The molecule has 3 aromatic rings. The van der Waals surface area contributed by atoms with E-state index in [2.05, 4.69) is 15.5 Å². The Labute approximate surface area is 215 Å². The molecule has 0 unspecified atom stereocenters. The van der Waals surface area contributed by atoms with E-state index < -0.39 is 33.4 Å². The van der Waals surface area contributed by atoms with Crippen LogP contribution in [0.15, 0.2) is 45.7 Å². The van der Waals surface area contributed by atoms with E-state index >= 15 is 4.39 Å². The molecule has 2 bridgehead atoms. The van der Waals surface area contributed by atoms with Crippen molar-refractivity contribution in [3.05, 3.63) is 52.8 Å². The summed E-state index contributed by atoms with van der Waals surface area (Å²) < 4.78 is 46.9. The third-order valence-corrected chi connectivity index (χ3v) is 9.35. The molecule has 0 spiro atoms. The number of nitrogens with two attached hydrogens (primary N) is 1. The summed E-state index contributed by atoms with van der Waals surface area (Å²) in [5.74, 6) is -2.30. The van der Waals surface area contributed by atoms with Crippen molar-refractivity contribution in [2.24, 2.45) is 5.73 Å². The standard InChI is InChI=1S/C23H20Cl2FN5O4S/c24-13-3-1-12(2-4-13)7-31-17-5-14(15(26)6-18(17)36(33,34)8-16(27)20(31)32)19-29-30-21(35-19)28-23-9-22(25,10-23)11-23/h1-6,16H,7-11,27H2,(H,28,30)/t16-,22?,23?/m0/s1. The molecule has 0 radical (unpaired) electrons. The molecule has 36 heavy (non-hydrogen) atoms. The normalized spacial score (nSPS) is 28.1. The molecule has 188 valence electrons. The molecule has 9 nitrogen and oxygen atoms in total. The van der Waals surface area contributed by atoms with Gasteiger partial charge < -0.3 is 20.4 Å². The minimum Gasteiger partial charge on any atom is -0.403 e. The van der Waals surface area contributed by atoms with Crippen molar-refractivity contribution >= 4 is 50.6 Å². The van der Waals surface area contributed by atoms with Gasteiger partial charge in [-0.1, -0.05) is 28.8 Å². The number of sulfone groups is 1. The molecule has 1 aromatic heterocycles. The highest BCUT2D eigenvalue weighted by Crippen LogP contribution is 2.65. The fourth-order valence-corrected chi connectivity index (χ4v) is 7.68. The number of carbonyl (C=O) groups excluding carboxylic acids is 1. The van der Waals surface area contributed by atoms with Crippen molar-refractivity contribution in [3.8, 4) is 11.5 Å². The Balaban J connectivity index is 1.40. The van der Waals surface area contributed by atoms with E-state index in [-0.39, 0.29) is 45.0 Å². The van der Waals surface area contributed by atoms with Crippen LogP contribution in [0.2, 0.25) is 5.02 Å². The van der Waals surface area contributed by atoms with Crippen LogP contribution in [0.4, 0.5) is 16.1 Å². The van der Waals surface area contributed by atoms with E-state index in [9.17, 15) is 13.2 Å². The Morgan fingerprint density at radius 2 is 1.89 bits per heavy atom. The Kier molecular flexibility index (Phi) is 5.18. The van der Waals surface area contributed by atoms with Crippen LogP contribution >= 0.6 is 23.2 Å². The Bertz CT molecular complexity index is 1490. The summed E-state index contributed by atoms with van der Waals surface area (Å²) in [6.07, 6.45) is 2.31. The average molecular weight is 552 g/mol. The topological polar surface area (TPSA) is 131 Å². The van der Waals surface area contributed by atoms with E-state index in [1.54, 1.807) is 24.3 Å². The zero-order valence-electron chi connectivity index (χ0n) is 18.7. The van der Waals surface area contributed by atoms with Crippen molar-refractivity contribution < 1.29 is 22.0 Å². The van der Waals surface area contributed by atoms with Crippen molar-refractivity contribution in [1.29, 1.82) is 0 Å². The molecule has 7 rings (SSSR count). The maximum absolute atomic E-state index is 15.2. The Morgan fingerprint density at radius 1 is 1.19 bits per heavy atom. The minimum atomic E-state index is -4.07. The zero-order valence-corrected chi connectivity index (χ0v) is 21.0. The largest absolute Gasteiger partial charge is 0.403 e. The third kappa shape index (κ3) is 3.85. The molecular formula is C23H20Cl2FN5O4S. The average Bonchev–Trinajstić information content (AvgIpc) is 3.22. The van der Waals surface area contributed by atoms with Gasteiger partial charge in [0, 0.05) is 10.6 Å². The second-order valence-corrected chi connectivity index (χ2v) is 13.0. The first-order chi connectivity index (χ1) is 17.0. The van der Waals surface area contributed by atoms with Crippen LogP contribution in [-0.2, 0) is 21.2 Å². The molecule has 13 heteroatoms. The maximum atomic E-state index is 15.2. The highest BCUT2D eigenvalue weighted by atomic mass is 35.5. The number of alkyl halides is 1. The summed E-state index contributed by atoms with van der Waals surface area (Å²) in [5, 5.41) is 11.6. The number of hydrogen-bond donors (Lipinski definition) is 2. The molecule has 2 heterocycles. The molecule has 3 aliphatic carbocycles. The second-order valence-electron chi connectivity index (χ2n) is 9.74. The van der Waals surface area contributed by atoms with E-state index in [0.717, 1.165) is 25.3 Å². The summed E-state index contributed by atoms with van der Waals surface area (Å²) in [6.45, 7) is -0.00334. The molecule has 1 aliphatic heterocycles. The van der Waals surface area contributed by atoms with Gasteiger partial charge in [-0.15, -0.1) is 16.7 Å². The molecule has 1 amide bonds. The molecule has 4 aliphatic rings. The fourth-order valence-electron chi connectivity index (χ4n) is 5.23. The number of halogens is 3. The van der Waals surface area contributed by atoms with Crippen molar-refractivity contribution in [2.75, 3.05) is 16.0 Å². The third-order valence-electron chi connectivity index (χ3n) is 6.90. The number of anilines is 2. The first-order valence-electron chi connectivity index (χ1n) is 11.1. The first-order valence-corrected chi connectivity index (χ1v) is 13.6. The van der Waals surface area contributed by atoms with Gasteiger partial charge in [0.15, 0.2) is 9.84 Å². The van der Waals surface area contributed by atoms with Crippen molar-refractivity contribution in [1.82, 2.24) is 10.2 Å². The number of amides is 1. The number of hydrogen-bond acceptors (Lipinski definition) is 8. The van der Waals surface area contributed by atoms with E-state index in [1.165, 1.54) is 11.0 Å². The van der Waals surface area contributed by atoms with Crippen molar-refractivity contribution in [3.63, 3.8) is 0 Å². The smallest absolute Gasteiger partial charge is 0.316 e. The number of nitrogens with one attached hydrogen (secondary N) is 1. The lowest BCUT2D eigenvalue weighted by atomic mass is 9.49. The minimum absolute atomic E-state index is 0.00334. The number of carbonyl (C=O) groups is 1. The van der Waals surface area contributed by atoms with Gasteiger partial charge in [-0.2, -0.15) is 0 Å². The number of fused-ring (bicyclic) bond motifs is 1. The van der Waals surface area contributed by atoms with Crippen LogP contribution in [0.3, 0.4) is 0 Å². The van der Waals surface area contributed by atoms with Gasteiger partial charge in [-0.25, -0.2) is 12.8 Å². The molecule has 3 fully saturated rings. The van der Waals surface area contributed by atoms with E-state index in [4.69, 9.17) is 33.4 Å². The zero-order chi connectivity index (χ0) is 25.5. The van der Waals surface area contributed by atoms with Crippen molar-refractivity contribution in [2.45, 2.75) is 47.2 Å². The van der Waals surface area contributed by atoms with Gasteiger partial charge in [0.05, 0.1) is 39.4 Å². The lowest BCUT2D eigenvalue weighted by molar-refractivity contribution is -0.119. The quantitative estimate of drug-likeness (QED) is 0.460. The summed E-state index contributed by atoms with van der Waals surface area (Å²) in [5.41, 5.74) is 6.27. The predicted octanol–water partition coefficient (Wildman–Crippen LogP) is 3.50. The lowest BCUT2D eigenvalue weighted by Crippen LogP contribution is -2.72. The molecule has 2 aromatic carbocycles. The number of nitrogens with zero attached hydrogens (tertiary/aromatic N) is 3. The van der Waals surface area contributed by atoms with E-state index in [0.29, 0.717) is 10.6 Å². The van der Waals surface area contributed by atoms with Gasteiger partial charge in [0.2, 0.25) is 5.91 Å². The fraction of sp³-hybridized carbons (Fsp3) is 0.348. The SMILES string of the molecule is N[C@H]1CS(=O)(=O)c2cc(F)c(-c3nnc(NC45CC(Cl)(C4)C5)o3)cc2N(Cc2ccc(Cl)cc2)C1=O. The summed E-state index contributed by atoms with van der Waals surface area (Å²) >= 11 is 12.3. The highest BCUT2D eigenvalue weighted by Gasteiger charge is 2.68. The first kappa shape index (κ1) is 23.7. The van der Waals surface area contributed by atoms with Gasteiger partial charge in [0.1, 0.15) is 5.82 Å². The van der Waals surface area contributed by atoms with Gasteiger partial charge in [-0.05, 0) is 49.1 Å². The number of rotatable bonds is 5. The Morgan fingerprint density at radius 3 is 2.56 bits per heavy atom. The van der Waals surface area contributed by atoms with Gasteiger partial charge >= 0.3 is 6.01 Å². The molecule has 3 saturated carbocycles. The second kappa shape index (κ2) is 7.88. The van der Waals surface area contributed by atoms with Crippen LogP contribution < -0.4 is 16.0 Å². The highest BCUT2D eigenvalue weighted by molar-refractivity contribution is 7.91. The van der Waals surface area contributed by atoms with Crippen LogP contribution in [0.5, 0.6) is 0 Å². The summed E-state index contributed by atoms with van der Waals surface area (Å²) in [4.78, 5) is 13.9. The molecule has 3 N–H and O–H groups in total. The lowest BCUT2D eigenvalue weighted by Gasteiger charge is -2.67. The number of benzene rings is 2. The monoisotopic (exact) mass is 551 g/mol. The summed E-state index contributed by atoms with van der Waals surface area (Å²) in [7, 11) is -4.07. The van der Waals surface area contributed by atoms with Crippen LogP contribution in [0.25, 0.3) is 11.5 Å². The summed E-state index contributed by atoms with van der Waals surface area (Å²) in [6, 6.07) is 7.61. The molecule has 1 atom stereocenters. The van der Waals surface area contributed by atoms with Gasteiger partial charge in [-0.3, -0.25) is 4.79 Å². The maximum Gasteiger partial charge on any atom is 0.316 e. The Hall–Kier alpha value is -2.73. The van der Waals surface area contributed by atoms with Gasteiger partial charge in [0.25, 0.3) is 5.89 Å². The number of aromatic nitrogens is 2.